The third-order valence-electron chi connectivity index (χ3n) is 11.9. The van der Waals surface area contributed by atoms with Crippen LogP contribution in [0.25, 0.3) is 119 Å². The highest BCUT2D eigenvalue weighted by Crippen LogP contribution is 2.44. The van der Waals surface area contributed by atoms with Gasteiger partial charge >= 0.3 is 0 Å². The molecule has 0 saturated heterocycles. The lowest BCUT2D eigenvalue weighted by Gasteiger charge is -2.16. The fourth-order valence-electron chi connectivity index (χ4n) is 9.36. The van der Waals surface area contributed by atoms with Crippen molar-refractivity contribution in [1.82, 2.24) is 19.1 Å². The summed E-state index contributed by atoms with van der Waals surface area (Å²) < 4.78 is 7.33. The first-order chi connectivity index (χ1) is 28.3. The first-order valence-electron chi connectivity index (χ1n) is 19.3. The van der Waals surface area contributed by atoms with Gasteiger partial charge in [0, 0.05) is 52.7 Å². The third kappa shape index (κ3) is 4.37. The zero-order valence-electron chi connectivity index (χ0n) is 30.5. The normalized spacial score (nSPS) is 12.2. The Morgan fingerprint density at radius 2 is 0.947 bits per heavy atom. The van der Waals surface area contributed by atoms with Crippen LogP contribution in [0.3, 0.4) is 0 Å². The second-order valence-electron chi connectivity index (χ2n) is 15.0. The molecule has 264 valence electrons. The Bertz CT molecular complexity index is 3830. The molecule has 13 aromatic rings. The lowest BCUT2D eigenvalue weighted by atomic mass is 10.0. The number of nitrogens with zero attached hydrogens (tertiary/aromatic N) is 4. The molecule has 57 heavy (non-hydrogen) atoms. The predicted octanol–water partition coefficient (Wildman–Crippen LogP) is 14.2. The van der Waals surface area contributed by atoms with Crippen molar-refractivity contribution in [1.29, 1.82) is 0 Å². The van der Waals surface area contributed by atoms with E-state index in [-0.39, 0.29) is 0 Å². The first kappa shape index (κ1) is 30.9. The summed E-state index contributed by atoms with van der Waals surface area (Å²) in [7, 11) is 0. The molecular formula is C52H30N4S. The summed E-state index contributed by atoms with van der Waals surface area (Å²) in [5, 5.41) is 12.2. The number of fused-ring (bicyclic) bond motifs is 12. The van der Waals surface area contributed by atoms with Gasteiger partial charge in [0.1, 0.15) is 5.69 Å². The molecule has 0 aliphatic heterocycles. The standard InChI is InChI=1S/C52H30N4S/c1-2-14-32-29-46-39(27-31(32)13-1)34-16-3-8-22-43(34)55(46)45-24-11-15-33-28-40-35-17-4-9-23-44(35)56(47(40)30-38(33)45)52-51(53-41-20-6-7-21-42(41)54-52)37-19-12-26-49-50(37)36-18-5-10-25-48(36)57-49/h1-30H. The Labute approximate surface area is 330 Å². The van der Waals surface area contributed by atoms with Gasteiger partial charge in [0.2, 0.25) is 0 Å². The van der Waals surface area contributed by atoms with Crippen molar-refractivity contribution in [3.63, 3.8) is 0 Å². The quantitative estimate of drug-likeness (QED) is 0.181. The summed E-state index contributed by atoms with van der Waals surface area (Å²) in [6.07, 6.45) is 0. The van der Waals surface area contributed by atoms with Crippen molar-refractivity contribution < 1.29 is 0 Å². The molecule has 0 amide bonds. The molecule has 9 aromatic carbocycles. The number of hydrogen-bond donors (Lipinski definition) is 0. The van der Waals surface area contributed by atoms with Crippen molar-refractivity contribution in [2.45, 2.75) is 0 Å². The molecule has 4 aromatic heterocycles. The number of para-hydroxylation sites is 4. The van der Waals surface area contributed by atoms with Crippen LogP contribution in [0.1, 0.15) is 0 Å². The molecular weight excluding hydrogens is 713 g/mol. The summed E-state index contributed by atoms with van der Waals surface area (Å²) in [5.74, 6) is 0.822. The summed E-state index contributed by atoms with van der Waals surface area (Å²) in [5.41, 5.74) is 9.42. The summed E-state index contributed by atoms with van der Waals surface area (Å²) in [6.45, 7) is 0. The van der Waals surface area contributed by atoms with E-state index in [1.165, 1.54) is 74.3 Å². The molecule has 0 saturated carbocycles. The Morgan fingerprint density at radius 3 is 1.75 bits per heavy atom. The Hall–Kier alpha value is -7.34. The highest BCUT2D eigenvalue weighted by molar-refractivity contribution is 7.25. The molecule has 0 atom stereocenters. The molecule has 0 spiro atoms. The van der Waals surface area contributed by atoms with Gasteiger partial charge in [0.05, 0.1) is 38.8 Å². The Kier molecular flexibility index (Phi) is 6.29. The lowest BCUT2D eigenvalue weighted by Crippen LogP contribution is -2.04. The smallest absolute Gasteiger partial charge is 0.165 e. The van der Waals surface area contributed by atoms with Crippen LogP contribution in [0.4, 0.5) is 0 Å². The molecule has 0 radical (unpaired) electrons. The van der Waals surface area contributed by atoms with Crippen LogP contribution < -0.4 is 0 Å². The number of aromatic nitrogens is 4. The molecule has 5 heteroatoms. The Balaban J connectivity index is 1.16. The van der Waals surface area contributed by atoms with Crippen molar-refractivity contribution in [3.05, 3.63) is 182 Å². The highest BCUT2D eigenvalue weighted by atomic mass is 32.1. The molecule has 4 nitrogen and oxygen atoms in total. The minimum absolute atomic E-state index is 0.822. The molecule has 0 N–H and O–H groups in total. The minimum Gasteiger partial charge on any atom is -0.309 e. The predicted molar refractivity (Wildman–Crippen MR) is 242 cm³/mol. The van der Waals surface area contributed by atoms with Crippen LogP contribution in [-0.4, -0.2) is 19.1 Å². The zero-order chi connectivity index (χ0) is 37.2. The maximum atomic E-state index is 5.53. The van der Waals surface area contributed by atoms with Gasteiger partial charge in [-0.05, 0) is 82.9 Å². The third-order valence-corrected chi connectivity index (χ3v) is 13.0. The average Bonchev–Trinajstić information content (AvgIpc) is 3.91. The van der Waals surface area contributed by atoms with Gasteiger partial charge in [-0.2, -0.15) is 0 Å². The first-order valence-corrected chi connectivity index (χ1v) is 20.1. The van der Waals surface area contributed by atoms with Gasteiger partial charge in [0.15, 0.2) is 5.82 Å². The fourth-order valence-corrected chi connectivity index (χ4v) is 10.5. The van der Waals surface area contributed by atoms with Crippen LogP contribution in [-0.2, 0) is 0 Å². The average molecular weight is 743 g/mol. The van der Waals surface area contributed by atoms with E-state index in [4.69, 9.17) is 9.97 Å². The monoisotopic (exact) mass is 742 g/mol. The highest BCUT2D eigenvalue weighted by Gasteiger charge is 2.23. The van der Waals surface area contributed by atoms with Gasteiger partial charge in [-0.15, -0.1) is 11.3 Å². The van der Waals surface area contributed by atoms with Crippen LogP contribution in [0.2, 0.25) is 0 Å². The largest absolute Gasteiger partial charge is 0.309 e. The van der Waals surface area contributed by atoms with Crippen LogP contribution in [0.5, 0.6) is 0 Å². The van der Waals surface area contributed by atoms with Crippen molar-refractivity contribution >= 4 is 108 Å². The van der Waals surface area contributed by atoms with Gasteiger partial charge < -0.3 is 4.57 Å². The molecule has 0 aliphatic rings. The van der Waals surface area contributed by atoms with Crippen LogP contribution in [0, 0.1) is 0 Å². The van der Waals surface area contributed by atoms with E-state index >= 15 is 0 Å². The van der Waals surface area contributed by atoms with Gasteiger partial charge in [0.25, 0.3) is 0 Å². The Morgan fingerprint density at radius 1 is 0.368 bits per heavy atom. The number of thiophene rings is 1. The maximum absolute atomic E-state index is 5.53. The van der Waals surface area contributed by atoms with Crippen LogP contribution in [0.15, 0.2) is 182 Å². The number of rotatable bonds is 3. The van der Waals surface area contributed by atoms with E-state index in [0.29, 0.717) is 0 Å². The van der Waals surface area contributed by atoms with Crippen molar-refractivity contribution in [2.75, 3.05) is 0 Å². The van der Waals surface area contributed by atoms with E-state index in [1.807, 2.05) is 23.5 Å². The molecule has 0 aliphatic carbocycles. The lowest BCUT2D eigenvalue weighted by molar-refractivity contribution is 1.08. The molecule has 4 heterocycles. The van der Waals surface area contributed by atoms with E-state index in [9.17, 15) is 0 Å². The fraction of sp³-hybridized carbons (Fsp3) is 0. The van der Waals surface area contributed by atoms with Crippen molar-refractivity contribution in [2.24, 2.45) is 0 Å². The topological polar surface area (TPSA) is 35.6 Å². The maximum Gasteiger partial charge on any atom is 0.165 e. The second-order valence-corrected chi connectivity index (χ2v) is 16.0. The zero-order valence-corrected chi connectivity index (χ0v) is 31.3. The molecule has 0 fully saturated rings. The summed E-state index contributed by atoms with van der Waals surface area (Å²) in [6, 6.07) is 65.9. The van der Waals surface area contributed by atoms with Gasteiger partial charge in [-0.25, -0.2) is 9.97 Å². The van der Waals surface area contributed by atoms with Crippen LogP contribution >= 0.6 is 11.3 Å². The second kappa shape index (κ2) is 11.6. The molecule has 0 bridgehead atoms. The van der Waals surface area contributed by atoms with Gasteiger partial charge in [-0.1, -0.05) is 115 Å². The molecule has 0 unspecified atom stereocenters. The van der Waals surface area contributed by atoms with E-state index in [2.05, 4.69) is 179 Å². The molecule has 13 rings (SSSR count). The number of benzene rings is 9. The van der Waals surface area contributed by atoms with E-state index in [1.54, 1.807) is 0 Å². The number of hydrogen-bond acceptors (Lipinski definition) is 3. The SMILES string of the molecule is c1ccc2cc3c(cc2c1)c1ccccc1n3-c1cccc2cc3c4ccccc4n(-c4nc5ccccc5nc4-c4cccc5sc6ccccc6c45)c3cc12. The van der Waals surface area contributed by atoms with E-state index in [0.717, 1.165) is 44.8 Å². The van der Waals surface area contributed by atoms with E-state index < -0.39 is 0 Å². The van der Waals surface area contributed by atoms with Gasteiger partial charge in [-0.3, -0.25) is 4.57 Å². The summed E-state index contributed by atoms with van der Waals surface area (Å²) >= 11 is 1.83. The van der Waals surface area contributed by atoms with Crippen molar-refractivity contribution in [3.8, 4) is 22.8 Å². The minimum atomic E-state index is 0.822. The summed E-state index contributed by atoms with van der Waals surface area (Å²) in [4.78, 5) is 11.0.